The highest BCUT2D eigenvalue weighted by Crippen LogP contribution is 2.37. The second-order valence-corrected chi connectivity index (χ2v) is 9.51. The highest BCUT2D eigenvalue weighted by molar-refractivity contribution is 9.10. The van der Waals surface area contributed by atoms with E-state index in [4.69, 9.17) is 4.74 Å². The number of thioether (sulfide) groups is 1. The van der Waals surface area contributed by atoms with Gasteiger partial charge in [-0.25, -0.2) is 0 Å². The average Bonchev–Trinajstić information content (AvgIpc) is 3.08. The van der Waals surface area contributed by atoms with Crippen molar-refractivity contribution in [2.45, 2.75) is 19.8 Å². The van der Waals surface area contributed by atoms with E-state index in [-0.39, 0.29) is 17.2 Å². The number of fused-ring (bicyclic) bond motifs is 1. The molecule has 1 aliphatic rings. The van der Waals surface area contributed by atoms with Gasteiger partial charge in [-0.1, -0.05) is 71.7 Å². The van der Waals surface area contributed by atoms with Crippen molar-refractivity contribution in [1.29, 1.82) is 0 Å². The summed E-state index contributed by atoms with van der Waals surface area (Å²) in [7, 11) is 0. The van der Waals surface area contributed by atoms with Crippen LogP contribution in [-0.4, -0.2) is 35.0 Å². The Kier molecular flexibility index (Phi) is 7.30. The first kappa shape index (κ1) is 23.3. The van der Waals surface area contributed by atoms with Gasteiger partial charge < -0.3 is 4.74 Å². The van der Waals surface area contributed by atoms with E-state index in [0.717, 1.165) is 50.3 Å². The molecule has 0 radical (unpaired) electrons. The summed E-state index contributed by atoms with van der Waals surface area (Å²) < 4.78 is 6.84. The van der Waals surface area contributed by atoms with E-state index in [2.05, 4.69) is 22.9 Å². The summed E-state index contributed by atoms with van der Waals surface area (Å²) >= 11 is 4.18. The monoisotopic (exact) mass is 523 g/mol. The molecular weight excluding hydrogens is 502 g/mol. The summed E-state index contributed by atoms with van der Waals surface area (Å²) in [5, 5.41) is 1.49. The fourth-order valence-electron chi connectivity index (χ4n) is 3.51. The van der Waals surface area contributed by atoms with Crippen LogP contribution < -0.4 is 4.74 Å². The number of imide groups is 1. The fraction of sp³-hybridized carbons (Fsp3) is 0.192. The summed E-state index contributed by atoms with van der Waals surface area (Å²) in [6, 6.07) is 18.5. The molecule has 168 valence electrons. The van der Waals surface area contributed by atoms with Crippen molar-refractivity contribution in [1.82, 2.24) is 4.90 Å². The molecule has 5 nitrogen and oxygen atoms in total. The molecule has 0 saturated carbocycles. The van der Waals surface area contributed by atoms with Crippen molar-refractivity contribution in [2.75, 3.05) is 13.2 Å². The molecule has 3 aromatic carbocycles. The number of benzene rings is 3. The quantitative estimate of drug-likeness (QED) is 0.186. The van der Waals surface area contributed by atoms with Gasteiger partial charge in [-0.05, 0) is 53.2 Å². The number of carbonyl (C=O) groups excluding carboxylic acids is 3. The van der Waals surface area contributed by atoms with Crippen molar-refractivity contribution in [2.24, 2.45) is 0 Å². The second-order valence-electron chi connectivity index (χ2n) is 7.60. The molecule has 1 aliphatic heterocycles. The SMILES string of the molecule is CCCCOc1ccc2ccccc2c1/C=C1\SC(=O)N(CC(=O)c2ccc(Br)cc2)C1=O. The van der Waals surface area contributed by atoms with Crippen molar-refractivity contribution in [3.05, 3.63) is 81.2 Å². The van der Waals surface area contributed by atoms with Gasteiger partial charge in [-0.3, -0.25) is 19.3 Å². The van der Waals surface area contributed by atoms with Gasteiger partial charge in [0.25, 0.3) is 11.1 Å². The van der Waals surface area contributed by atoms with Gasteiger partial charge >= 0.3 is 0 Å². The van der Waals surface area contributed by atoms with Crippen LogP contribution in [0.2, 0.25) is 0 Å². The van der Waals surface area contributed by atoms with Crippen molar-refractivity contribution < 1.29 is 19.1 Å². The lowest BCUT2D eigenvalue weighted by atomic mass is 10.0. The van der Waals surface area contributed by atoms with Gasteiger partial charge in [0.2, 0.25) is 0 Å². The average molecular weight is 524 g/mol. The van der Waals surface area contributed by atoms with E-state index in [1.807, 2.05) is 36.4 Å². The number of nitrogens with zero attached hydrogens (tertiary/aromatic N) is 1. The molecule has 1 fully saturated rings. The lowest BCUT2D eigenvalue weighted by Crippen LogP contribution is -2.33. The van der Waals surface area contributed by atoms with Crippen LogP contribution in [-0.2, 0) is 4.79 Å². The maximum atomic E-state index is 13.1. The van der Waals surface area contributed by atoms with Gasteiger partial charge in [-0.2, -0.15) is 0 Å². The van der Waals surface area contributed by atoms with Crippen molar-refractivity contribution >= 4 is 61.5 Å². The molecule has 3 aromatic rings. The maximum absolute atomic E-state index is 13.1. The zero-order valence-corrected chi connectivity index (χ0v) is 20.4. The Balaban J connectivity index is 1.63. The topological polar surface area (TPSA) is 63.7 Å². The second kappa shape index (κ2) is 10.4. The summed E-state index contributed by atoms with van der Waals surface area (Å²) in [6.07, 6.45) is 3.63. The first-order valence-electron chi connectivity index (χ1n) is 10.7. The van der Waals surface area contributed by atoms with Gasteiger partial charge in [0.1, 0.15) is 5.75 Å². The third-order valence-corrected chi connectivity index (χ3v) is 6.74. The van der Waals surface area contributed by atoms with Crippen LogP contribution in [0, 0.1) is 0 Å². The smallest absolute Gasteiger partial charge is 0.293 e. The van der Waals surface area contributed by atoms with Crippen LogP contribution in [0.1, 0.15) is 35.7 Å². The number of halogens is 1. The lowest BCUT2D eigenvalue weighted by molar-refractivity contribution is -0.122. The number of Topliss-reactive ketones (excluding diaryl/α,β-unsaturated/α-hetero) is 1. The molecule has 1 heterocycles. The predicted molar refractivity (Wildman–Crippen MR) is 136 cm³/mol. The predicted octanol–water partition coefficient (Wildman–Crippen LogP) is 6.70. The minimum absolute atomic E-state index is 0.278. The van der Waals surface area contributed by atoms with Crippen LogP contribution in [0.5, 0.6) is 5.75 Å². The third kappa shape index (κ3) is 5.20. The minimum atomic E-state index is -0.470. The molecule has 0 N–H and O–H groups in total. The summed E-state index contributed by atoms with van der Waals surface area (Å²) in [4.78, 5) is 39.6. The molecule has 33 heavy (non-hydrogen) atoms. The Bertz CT molecular complexity index is 1250. The number of ketones is 1. The Hall–Kier alpha value is -2.90. The summed E-state index contributed by atoms with van der Waals surface area (Å²) in [6.45, 7) is 2.37. The third-order valence-electron chi connectivity index (χ3n) is 5.30. The molecule has 2 amide bonds. The Labute approximate surface area is 204 Å². The number of ether oxygens (including phenoxy) is 1. The molecule has 0 spiro atoms. The van der Waals surface area contributed by atoms with Gasteiger partial charge in [0.05, 0.1) is 18.1 Å². The van der Waals surface area contributed by atoms with Crippen LogP contribution in [0.15, 0.2) is 70.0 Å². The van der Waals surface area contributed by atoms with Gasteiger partial charge in [0, 0.05) is 15.6 Å². The Morgan fingerprint density at radius 3 is 2.58 bits per heavy atom. The van der Waals surface area contributed by atoms with Crippen LogP contribution >= 0.6 is 27.7 Å². The van der Waals surface area contributed by atoms with Crippen LogP contribution in [0.25, 0.3) is 16.8 Å². The maximum Gasteiger partial charge on any atom is 0.293 e. The Morgan fingerprint density at radius 2 is 1.82 bits per heavy atom. The standard InChI is InChI=1S/C26H22BrNO4S/c1-2-3-14-32-23-13-10-17-6-4-5-7-20(17)21(23)15-24-25(30)28(26(31)33-24)16-22(29)18-8-11-19(27)12-9-18/h4-13,15H,2-3,14,16H2,1H3/b24-15-. The van der Waals surface area contributed by atoms with Crippen molar-refractivity contribution in [3.63, 3.8) is 0 Å². The minimum Gasteiger partial charge on any atom is -0.493 e. The number of hydrogen-bond donors (Lipinski definition) is 0. The summed E-state index contributed by atoms with van der Waals surface area (Å²) in [5.74, 6) is -0.0948. The van der Waals surface area contributed by atoms with Crippen LogP contribution in [0.4, 0.5) is 4.79 Å². The summed E-state index contributed by atoms with van der Waals surface area (Å²) in [5.41, 5.74) is 1.20. The van der Waals surface area contributed by atoms with Gasteiger partial charge in [0.15, 0.2) is 5.78 Å². The molecule has 7 heteroatoms. The van der Waals surface area contributed by atoms with Gasteiger partial charge in [-0.15, -0.1) is 0 Å². The fourth-order valence-corrected chi connectivity index (χ4v) is 4.60. The normalized spacial score (nSPS) is 15.0. The number of rotatable bonds is 8. The number of amides is 2. The van der Waals surface area contributed by atoms with E-state index in [0.29, 0.717) is 17.9 Å². The van der Waals surface area contributed by atoms with Crippen molar-refractivity contribution in [3.8, 4) is 5.75 Å². The van der Waals surface area contributed by atoms with E-state index in [1.165, 1.54) is 0 Å². The Morgan fingerprint density at radius 1 is 1.06 bits per heavy atom. The molecule has 0 unspecified atom stereocenters. The van der Waals surface area contributed by atoms with E-state index < -0.39 is 11.1 Å². The highest BCUT2D eigenvalue weighted by atomic mass is 79.9. The molecule has 4 rings (SSSR count). The first-order valence-corrected chi connectivity index (χ1v) is 12.3. The zero-order valence-electron chi connectivity index (χ0n) is 18.0. The van der Waals surface area contributed by atoms with E-state index in [9.17, 15) is 14.4 Å². The number of carbonyl (C=O) groups is 3. The van der Waals surface area contributed by atoms with E-state index in [1.54, 1.807) is 30.3 Å². The number of hydrogen-bond acceptors (Lipinski definition) is 5. The van der Waals surface area contributed by atoms with E-state index >= 15 is 0 Å². The van der Waals surface area contributed by atoms with Crippen LogP contribution in [0.3, 0.4) is 0 Å². The highest BCUT2D eigenvalue weighted by Gasteiger charge is 2.36. The molecular formula is C26H22BrNO4S. The molecule has 1 saturated heterocycles. The lowest BCUT2D eigenvalue weighted by Gasteiger charge is -2.13. The number of unbranched alkanes of at least 4 members (excludes halogenated alkanes) is 1. The molecule has 0 aromatic heterocycles. The molecule has 0 bridgehead atoms. The zero-order chi connectivity index (χ0) is 23.4. The molecule has 0 aliphatic carbocycles. The molecule has 0 atom stereocenters. The largest absolute Gasteiger partial charge is 0.493 e. The first-order chi connectivity index (χ1) is 16.0.